The average Bonchev–Trinajstić information content (AvgIpc) is 3.31. The normalized spacial score (nSPS) is 15.7. The van der Waals surface area contributed by atoms with E-state index in [1.54, 1.807) is 57.2 Å². The lowest BCUT2D eigenvalue weighted by atomic mass is 9.86. The van der Waals surface area contributed by atoms with Crippen LogP contribution in [0.2, 0.25) is 0 Å². The molecule has 3 aromatic rings. The van der Waals surface area contributed by atoms with Gasteiger partial charge in [-0.15, -0.1) is 6.42 Å². The number of carbonyl (C=O) groups is 6. The van der Waals surface area contributed by atoms with Crippen LogP contribution in [0.4, 0.5) is 4.79 Å². The van der Waals surface area contributed by atoms with Crippen molar-refractivity contribution in [1.82, 2.24) is 15.5 Å². The predicted octanol–water partition coefficient (Wildman–Crippen LogP) is 6.23. The molecule has 1 heterocycles. The van der Waals surface area contributed by atoms with Gasteiger partial charge in [-0.05, 0) is 81.0 Å². The van der Waals surface area contributed by atoms with E-state index < -0.39 is 82.4 Å². The Morgan fingerprint density at radius 2 is 1.35 bits per heavy atom. The van der Waals surface area contributed by atoms with E-state index in [9.17, 15) is 37.2 Å². The second-order valence-electron chi connectivity index (χ2n) is 18.8. The first-order valence-corrected chi connectivity index (χ1v) is 25.0. The van der Waals surface area contributed by atoms with Crippen LogP contribution in [0.5, 0.6) is 0 Å². The Hall–Kier alpha value is -5.73. The lowest BCUT2D eigenvalue weighted by Gasteiger charge is -2.32. The first kappa shape index (κ1) is 55.9. The largest absolute Gasteiger partial charge is 0.510 e. The molecule has 0 spiro atoms. The van der Waals surface area contributed by atoms with Crippen molar-refractivity contribution >= 4 is 45.4 Å². The molecule has 1 unspecified atom stereocenters. The number of hydrogen-bond acceptors (Lipinski definition) is 13. The quantitative estimate of drug-likeness (QED) is 0.0472. The van der Waals surface area contributed by atoms with Crippen LogP contribution in [0.15, 0.2) is 89.8 Å². The fourth-order valence-electron chi connectivity index (χ4n) is 8.02. The second-order valence-corrected chi connectivity index (χ2v) is 20.4. The summed E-state index contributed by atoms with van der Waals surface area (Å²) in [5.74, 6) is -2.48. The van der Waals surface area contributed by atoms with Gasteiger partial charge < -0.3 is 24.8 Å². The minimum absolute atomic E-state index is 0.0142. The Kier molecular flexibility index (Phi) is 22.2. The Labute approximate surface area is 407 Å². The first-order chi connectivity index (χ1) is 32.8. The number of aryl methyl sites for hydroxylation is 2. The van der Waals surface area contributed by atoms with Crippen molar-refractivity contribution in [3.05, 3.63) is 102 Å². The molecule has 15 nitrogen and oxygen atoms in total. The molecule has 1 fully saturated rings. The van der Waals surface area contributed by atoms with Gasteiger partial charge in [0.2, 0.25) is 17.6 Å². The highest BCUT2D eigenvalue weighted by Crippen LogP contribution is 2.25. The highest BCUT2D eigenvalue weighted by Gasteiger charge is 2.45. The topological polar surface area (TPSA) is 201 Å². The fourth-order valence-corrected chi connectivity index (χ4v) is 9.01. The Balaban J connectivity index is 1.62. The molecular weight excluding hydrogens is 903 g/mol. The highest BCUT2D eigenvalue weighted by atomic mass is 32.2. The third-order valence-electron chi connectivity index (χ3n) is 11.8. The van der Waals surface area contributed by atoms with Crippen molar-refractivity contribution in [2.75, 3.05) is 46.1 Å². The summed E-state index contributed by atoms with van der Waals surface area (Å²) >= 11 is 0. The van der Waals surface area contributed by atoms with E-state index in [1.807, 2.05) is 55.1 Å². The van der Waals surface area contributed by atoms with Gasteiger partial charge in [0, 0.05) is 37.8 Å². The van der Waals surface area contributed by atoms with Crippen LogP contribution < -0.4 is 10.6 Å². The smallest absolute Gasteiger partial charge is 0.421 e. The number of hydrogen-bond donors (Lipinski definition) is 2. The van der Waals surface area contributed by atoms with Gasteiger partial charge in [0.05, 0.1) is 36.7 Å². The molecule has 0 aliphatic carbocycles. The molecule has 16 heteroatoms. The average molecular weight is 972 g/mol. The van der Waals surface area contributed by atoms with E-state index >= 15 is 0 Å². The Bertz CT molecular complexity index is 2310. The molecule has 3 aromatic carbocycles. The van der Waals surface area contributed by atoms with E-state index in [-0.39, 0.29) is 61.2 Å². The lowest BCUT2D eigenvalue weighted by Crippen LogP contribution is -2.56. The zero-order chi connectivity index (χ0) is 50.6. The van der Waals surface area contributed by atoms with E-state index in [4.69, 9.17) is 24.8 Å². The van der Waals surface area contributed by atoms with Crippen LogP contribution in [-0.2, 0) is 65.3 Å². The molecule has 0 radical (unpaired) electrons. The maximum absolute atomic E-state index is 14.7. The van der Waals surface area contributed by atoms with Crippen molar-refractivity contribution in [2.45, 2.75) is 109 Å². The summed E-state index contributed by atoms with van der Waals surface area (Å²) in [4.78, 5) is 86.3. The summed E-state index contributed by atoms with van der Waals surface area (Å²) in [6.07, 6.45) is 4.78. The number of nitrogens with one attached hydrogen (secondary N) is 2. The van der Waals surface area contributed by atoms with E-state index in [1.165, 1.54) is 12.1 Å². The molecule has 1 aliphatic rings. The fraction of sp³-hybridized carbons (Fsp3) is 0.509. The van der Waals surface area contributed by atoms with Gasteiger partial charge in [0.25, 0.3) is 10.1 Å². The molecule has 0 aromatic heterocycles. The number of ether oxygens (including phenoxy) is 3. The number of carbonyl (C=O) groups excluding carboxylic acids is 6. The van der Waals surface area contributed by atoms with Gasteiger partial charge in [-0.2, -0.15) is 8.42 Å². The minimum Gasteiger partial charge on any atom is -0.421 e. The number of ketones is 3. The number of nitrogens with zero attached hydrogens (tertiary/aromatic N) is 1. The van der Waals surface area contributed by atoms with Crippen molar-refractivity contribution in [2.24, 2.45) is 23.7 Å². The van der Waals surface area contributed by atoms with E-state index in [0.29, 0.717) is 39.1 Å². The van der Waals surface area contributed by atoms with Gasteiger partial charge in [-0.1, -0.05) is 112 Å². The SMILES string of the molecule is C#CCOC(=O)OC(C)(COS(=O)(=O)c1ccc(C)cc1)C(=O)[C@H](CC(C)C)NC(=O)[C@@H](CC(=O)[C@H](CC(C)C)NC(=O)[C@H](CCc1ccccc1)CC(=O)CN1CCOCC1)Cc1ccccc1. The monoisotopic (exact) mass is 971 g/mol. The summed E-state index contributed by atoms with van der Waals surface area (Å²) in [6, 6.07) is 22.1. The number of amides is 2. The van der Waals surface area contributed by atoms with Gasteiger partial charge in [-0.3, -0.25) is 33.1 Å². The van der Waals surface area contributed by atoms with Crippen LogP contribution >= 0.6 is 0 Å². The van der Waals surface area contributed by atoms with Crippen molar-refractivity contribution in [3.8, 4) is 12.3 Å². The van der Waals surface area contributed by atoms with Crippen LogP contribution in [0.25, 0.3) is 0 Å². The summed E-state index contributed by atoms with van der Waals surface area (Å²) in [5.41, 5.74) is 0.180. The van der Waals surface area contributed by atoms with Crippen LogP contribution in [0, 0.1) is 42.9 Å². The van der Waals surface area contributed by atoms with Gasteiger partial charge in [-0.25, -0.2) is 4.79 Å². The molecule has 0 bridgehead atoms. The summed E-state index contributed by atoms with van der Waals surface area (Å²) < 4.78 is 47.8. The zero-order valence-corrected chi connectivity index (χ0v) is 41.6. The predicted molar refractivity (Wildman–Crippen MR) is 260 cm³/mol. The summed E-state index contributed by atoms with van der Waals surface area (Å²) in [5, 5.41) is 5.79. The lowest BCUT2D eigenvalue weighted by molar-refractivity contribution is -0.146. The molecule has 1 aliphatic heterocycles. The second kappa shape index (κ2) is 27.5. The Morgan fingerprint density at radius 1 is 0.783 bits per heavy atom. The molecule has 4 rings (SSSR count). The molecule has 69 heavy (non-hydrogen) atoms. The number of terminal acetylenes is 1. The molecule has 2 N–H and O–H groups in total. The summed E-state index contributed by atoms with van der Waals surface area (Å²) in [7, 11) is -4.48. The first-order valence-electron chi connectivity index (χ1n) is 23.6. The molecular formula is C53H69N3O12S. The molecule has 1 saturated heterocycles. The van der Waals surface area contributed by atoms with E-state index in [2.05, 4.69) is 16.6 Å². The number of Topliss-reactive ketones (excluding diaryl/α,β-unsaturated/α-hetero) is 3. The third kappa shape index (κ3) is 18.9. The third-order valence-corrected chi connectivity index (χ3v) is 13.0. The number of morpholine rings is 1. The number of benzene rings is 3. The number of rotatable bonds is 28. The van der Waals surface area contributed by atoms with Gasteiger partial charge >= 0.3 is 6.16 Å². The highest BCUT2D eigenvalue weighted by molar-refractivity contribution is 7.86. The summed E-state index contributed by atoms with van der Waals surface area (Å²) in [6.45, 7) is 11.3. The molecule has 2 amide bonds. The van der Waals surface area contributed by atoms with Crippen molar-refractivity contribution < 1.29 is 55.6 Å². The maximum atomic E-state index is 14.7. The van der Waals surface area contributed by atoms with E-state index in [0.717, 1.165) is 23.6 Å². The molecule has 374 valence electrons. The maximum Gasteiger partial charge on any atom is 0.510 e. The van der Waals surface area contributed by atoms with Crippen molar-refractivity contribution in [3.63, 3.8) is 0 Å². The van der Waals surface area contributed by atoms with Gasteiger partial charge in [0.1, 0.15) is 12.4 Å². The minimum atomic E-state index is -4.48. The molecule has 5 atom stereocenters. The Morgan fingerprint density at radius 3 is 1.94 bits per heavy atom. The van der Waals surface area contributed by atoms with Crippen LogP contribution in [-0.4, -0.2) is 112 Å². The van der Waals surface area contributed by atoms with Crippen molar-refractivity contribution in [1.29, 1.82) is 0 Å². The standard InChI is InChI=1S/C53H69N3O12S/c1-8-27-66-52(62)68-53(7,36-67-69(63,64)45-23-19-39(6)20-24-45)49(59)47(31-38(4)5)55-51(61)43(32-41-17-13-10-14-18-41)34-48(58)46(30-37(2)3)54-50(60)42(22-21-40-15-11-9-12-16-40)33-44(57)35-56-25-28-65-29-26-56/h1,9-20,23-24,37-38,42-43,46-47H,21-22,25-36H2,2-7H3,(H,54,60)(H,55,61)/t42-,43-,46+,47+,53?/m1/s1. The van der Waals surface area contributed by atoms with Crippen LogP contribution in [0.1, 0.15) is 83.4 Å². The van der Waals surface area contributed by atoms with Gasteiger partial charge in [0.15, 0.2) is 18.0 Å². The zero-order valence-electron chi connectivity index (χ0n) is 40.8. The molecule has 0 saturated carbocycles. The van der Waals surface area contributed by atoms with Crippen LogP contribution in [0.3, 0.4) is 0 Å².